The van der Waals surface area contributed by atoms with Crippen LogP contribution in [0.5, 0.6) is 0 Å². The fourth-order valence-electron chi connectivity index (χ4n) is 6.13. The van der Waals surface area contributed by atoms with Crippen molar-refractivity contribution in [3.05, 3.63) is 82.0 Å². The molecule has 2 aliphatic rings. The van der Waals surface area contributed by atoms with Gasteiger partial charge < -0.3 is 0 Å². The van der Waals surface area contributed by atoms with Gasteiger partial charge in [0.1, 0.15) is 0 Å². The second-order valence-electron chi connectivity index (χ2n) is 14.6. The van der Waals surface area contributed by atoms with E-state index in [1.54, 1.807) is 0 Å². The summed E-state index contributed by atoms with van der Waals surface area (Å²) in [5, 5.41) is 0. The van der Waals surface area contributed by atoms with Gasteiger partial charge in [-0.2, -0.15) is 0 Å². The largest absolute Gasteiger partial charge is 0.0730 e. The Labute approximate surface area is 209 Å². The fourth-order valence-corrected chi connectivity index (χ4v) is 6.13. The molecule has 0 saturated heterocycles. The quantitative estimate of drug-likeness (QED) is 0.423. The Morgan fingerprint density at radius 2 is 1.03 bits per heavy atom. The minimum absolute atomic E-state index is 0.0695. The molecule has 0 amide bonds. The van der Waals surface area contributed by atoms with Crippen LogP contribution in [0, 0.1) is 16.7 Å². The minimum atomic E-state index is 0.0695. The molecule has 4 rings (SSSR count). The van der Waals surface area contributed by atoms with Crippen molar-refractivity contribution in [2.45, 2.75) is 99.8 Å². The molecule has 0 spiro atoms. The van der Waals surface area contributed by atoms with E-state index in [0.717, 1.165) is 0 Å². The van der Waals surface area contributed by atoms with Gasteiger partial charge in [-0.05, 0) is 67.5 Å². The van der Waals surface area contributed by atoms with Gasteiger partial charge in [-0.25, -0.2) is 0 Å². The van der Waals surface area contributed by atoms with Gasteiger partial charge in [0.25, 0.3) is 0 Å². The van der Waals surface area contributed by atoms with E-state index in [0.29, 0.717) is 11.8 Å². The van der Waals surface area contributed by atoms with Crippen LogP contribution < -0.4 is 0 Å². The van der Waals surface area contributed by atoms with Crippen LogP contribution in [0.15, 0.2) is 59.7 Å². The second-order valence-corrected chi connectivity index (χ2v) is 14.6. The third-order valence-electron chi connectivity index (χ3n) is 8.38. The van der Waals surface area contributed by atoms with Crippen molar-refractivity contribution in [1.29, 1.82) is 0 Å². The molecule has 0 saturated carbocycles. The summed E-state index contributed by atoms with van der Waals surface area (Å²) in [5.74, 6) is 0.819. The summed E-state index contributed by atoms with van der Waals surface area (Å²) in [4.78, 5) is 0. The van der Waals surface area contributed by atoms with E-state index in [1.807, 2.05) is 0 Å². The Bertz CT molecular complexity index is 1110. The summed E-state index contributed by atoms with van der Waals surface area (Å²) < 4.78 is 0. The summed E-state index contributed by atoms with van der Waals surface area (Å²) >= 11 is 0. The molecule has 0 heterocycles. The van der Waals surface area contributed by atoms with Crippen LogP contribution in [0.3, 0.4) is 0 Å². The maximum absolute atomic E-state index is 2.57. The van der Waals surface area contributed by atoms with E-state index < -0.39 is 0 Å². The summed E-state index contributed by atoms with van der Waals surface area (Å²) in [6.45, 7) is 28.3. The molecule has 1 atom stereocenters. The predicted molar refractivity (Wildman–Crippen MR) is 150 cm³/mol. The summed E-state index contributed by atoms with van der Waals surface area (Å²) in [7, 11) is 0. The first-order valence-electron chi connectivity index (χ1n) is 13.1. The van der Waals surface area contributed by atoms with Crippen molar-refractivity contribution < 1.29 is 0 Å². The Morgan fingerprint density at radius 1 is 0.588 bits per heavy atom. The van der Waals surface area contributed by atoms with Crippen molar-refractivity contribution in [2.24, 2.45) is 16.7 Å². The van der Waals surface area contributed by atoms with E-state index in [1.165, 1.54) is 44.5 Å². The first-order chi connectivity index (χ1) is 15.4. The normalized spacial score (nSPS) is 19.1. The van der Waals surface area contributed by atoms with Crippen LogP contribution in [-0.4, -0.2) is 0 Å². The molecule has 0 bridgehead atoms. The average molecular weight is 455 g/mol. The highest BCUT2D eigenvalue weighted by molar-refractivity contribution is 5.81. The summed E-state index contributed by atoms with van der Waals surface area (Å²) in [5.41, 5.74) is 12.3. The number of allylic oxidation sites excluding steroid dienone is 4. The molecule has 0 heteroatoms. The van der Waals surface area contributed by atoms with E-state index in [2.05, 4.69) is 132 Å². The molecule has 0 fully saturated rings. The van der Waals surface area contributed by atoms with E-state index in [4.69, 9.17) is 0 Å². The van der Waals surface area contributed by atoms with Crippen molar-refractivity contribution in [1.82, 2.24) is 0 Å². The molecule has 1 unspecified atom stereocenters. The number of rotatable bonds is 2. The molecular formula is C34H46. The van der Waals surface area contributed by atoms with Gasteiger partial charge in [-0.15, -0.1) is 0 Å². The molecule has 0 aliphatic heterocycles. The SMILES string of the molecule is CC1=CC(C(C)(C)C)=CC1C(C)(C)C1c2ccc(C(C)(C)C)cc2-c2cc(C(C)(C)C)ccc21. The smallest absolute Gasteiger partial charge is 0.0161 e. The Balaban J connectivity index is 1.92. The first-order valence-corrected chi connectivity index (χ1v) is 13.1. The average Bonchev–Trinajstić information content (AvgIpc) is 3.24. The maximum Gasteiger partial charge on any atom is 0.0161 e. The highest BCUT2D eigenvalue weighted by Crippen LogP contribution is 2.58. The topological polar surface area (TPSA) is 0 Å². The third kappa shape index (κ3) is 4.12. The standard InChI is InChI=1S/C34H46/c1-21-17-24(33(8,9)10)20-29(21)34(11,12)30-25-15-13-22(31(2,3)4)18-27(25)28-19-23(32(5,6)7)14-16-26(28)30/h13-20,29-30H,1-12H3. The Kier molecular flexibility index (Phi) is 5.67. The molecule has 34 heavy (non-hydrogen) atoms. The van der Waals surface area contributed by atoms with E-state index >= 15 is 0 Å². The maximum atomic E-state index is 2.57. The van der Waals surface area contributed by atoms with Crippen LogP contribution in [0.1, 0.15) is 111 Å². The highest BCUT2D eigenvalue weighted by Gasteiger charge is 2.45. The van der Waals surface area contributed by atoms with Crippen molar-refractivity contribution in [2.75, 3.05) is 0 Å². The van der Waals surface area contributed by atoms with Gasteiger partial charge >= 0.3 is 0 Å². The molecule has 2 aromatic carbocycles. The monoisotopic (exact) mass is 454 g/mol. The predicted octanol–water partition coefficient (Wildman–Crippen LogP) is 9.97. The van der Waals surface area contributed by atoms with Gasteiger partial charge in [-0.1, -0.05) is 130 Å². The van der Waals surface area contributed by atoms with Gasteiger partial charge in [0.15, 0.2) is 0 Å². The third-order valence-corrected chi connectivity index (χ3v) is 8.38. The summed E-state index contributed by atoms with van der Waals surface area (Å²) in [6, 6.07) is 14.6. The number of benzene rings is 2. The lowest BCUT2D eigenvalue weighted by Crippen LogP contribution is -2.30. The van der Waals surface area contributed by atoms with Crippen LogP contribution >= 0.6 is 0 Å². The van der Waals surface area contributed by atoms with E-state index in [-0.39, 0.29) is 21.7 Å². The lowest BCUT2D eigenvalue weighted by atomic mass is 9.64. The molecule has 0 aromatic heterocycles. The molecule has 0 nitrogen and oxygen atoms in total. The molecule has 182 valence electrons. The Morgan fingerprint density at radius 3 is 1.38 bits per heavy atom. The molecule has 2 aromatic rings. The number of hydrogen-bond acceptors (Lipinski definition) is 0. The second kappa shape index (κ2) is 7.71. The zero-order valence-corrected chi connectivity index (χ0v) is 23.8. The Hall–Kier alpha value is -2.08. The van der Waals surface area contributed by atoms with Gasteiger partial charge in [0.05, 0.1) is 0 Å². The summed E-state index contributed by atoms with van der Waals surface area (Å²) in [6.07, 6.45) is 5.02. The molecular weight excluding hydrogens is 408 g/mol. The zero-order chi connectivity index (χ0) is 25.4. The zero-order valence-electron chi connectivity index (χ0n) is 23.8. The first kappa shape index (κ1) is 25.0. The highest BCUT2D eigenvalue weighted by atomic mass is 14.5. The van der Waals surface area contributed by atoms with Crippen LogP contribution in [0.2, 0.25) is 0 Å². The lowest BCUT2D eigenvalue weighted by molar-refractivity contribution is 0.257. The lowest BCUT2D eigenvalue weighted by Gasteiger charge is -2.39. The van der Waals surface area contributed by atoms with Gasteiger partial charge in [0.2, 0.25) is 0 Å². The van der Waals surface area contributed by atoms with Crippen molar-refractivity contribution in [3.63, 3.8) is 0 Å². The number of fused-ring (bicyclic) bond motifs is 3. The molecule has 0 N–H and O–H groups in total. The minimum Gasteiger partial charge on any atom is -0.0730 e. The molecule has 2 aliphatic carbocycles. The van der Waals surface area contributed by atoms with Crippen LogP contribution in [0.25, 0.3) is 11.1 Å². The van der Waals surface area contributed by atoms with E-state index in [9.17, 15) is 0 Å². The van der Waals surface area contributed by atoms with Crippen LogP contribution in [-0.2, 0) is 10.8 Å². The number of hydrogen-bond donors (Lipinski definition) is 0. The van der Waals surface area contributed by atoms with Gasteiger partial charge in [-0.3, -0.25) is 0 Å². The fraction of sp³-hybridized carbons (Fsp3) is 0.529. The van der Waals surface area contributed by atoms with Crippen molar-refractivity contribution >= 4 is 0 Å². The molecule has 0 radical (unpaired) electrons. The van der Waals surface area contributed by atoms with Gasteiger partial charge in [0, 0.05) is 11.8 Å². The van der Waals surface area contributed by atoms with Crippen LogP contribution in [0.4, 0.5) is 0 Å². The van der Waals surface area contributed by atoms with Crippen molar-refractivity contribution in [3.8, 4) is 11.1 Å².